The van der Waals surface area contributed by atoms with Crippen LogP contribution in [-0.4, -0.2) is 56.1 Å². The fraction of sp³-hybridized carbons (Fsp3) is 0.250. The Balaban J connectivity index is 0.000000224. The first-order chi connectivity index (χ1) is 11.9. The molecule has 5 rings (SSSR count). The Morgan fingerprint density at radius 3 is 1.48 bits per heavy atom. The van der Waals surface area contributed by atoms with Crippen molar-refractivity contribution in [3.63, 3.8) is 0 Å². The van der Waals surface area contributed by atoms with Gasteiger partial charge < -0.3 is 10.6 Å². The molecule has 1 fully saturated rings. The van der Waals surface area contributed by atoms with E-state index >= 15 is 0 Å². The summed E-state index contributed by atoms with van der Waals surface area (Å²) >= 11 is 0. The number of rotatable bonds is 0. The quantitative estimate of drug-likeness (QED) is 0.334. The molecule has 9 heteroatoms. The van der Waals surface area contributed by atoms with E-state index in [-0.39, 0.29) is 21.1 Å². The molecule has 4 aromatic heterocycles. The number of aromatic nitrogens is 6. The van der Waals surface area contributed by atoms with Crippen molar-refractivity contribution in [3.8, 4) is 0 Å². The first-order valence-corrected chi connectivity index (χ1v) is 7.65. The number of pyridine rings is 2. The van der Waals surface area contributed by atoms with Crippen molar-refractivity contribution in [1.82, 2.24) is 29.9 Å². The van der Waals surface area contributed by atoms with E-state index in [0.717, 1.165) is 48.0 Å². The van der Waals surface area contributed by atoms with Gasteiger partial charge in [-0.3, -0.25) is 9.97 Å². The number of piperazine rings is 1. The van der Waals surface area contributed by atoms with E-state index < -0.39 is 0 Å². The number of hydrogen-bond donors (Lipinski definition) is 0. The molecule has 0 spiro atoms. The molecular formula is C16H14N8Pt. The SMILES string of the molecule is C1C[N-]CC[N-]1.[Pt+2].c1cnc2c(n1)ncc1cnc3nccnc3c12. The minimum Gasteiger partial charge on any atom is -0.665 e. The Morgan fingerprint density at radius 1 is 0.600 bits per heavy atom. The molecule has 1 aliphatic rings. The van der Waals surface area contributed by atoms with Crippen LogP contribution in [0.5, 0.6) is 0 Å². The Kier molecular flexibility index (Phi) is 5.86. The first-order valence-electron chi connectivity index (χ1n) is 7.65. The molecule has 0 bridgehead atoms. The van der Waals surface area contributed by atoms with Crippen LogP contribution >= 0.6 is 0 Å². The Hall–Kier alpha value is -2.15. The monoisotopic (exact) mass is 513 g/mol. The third-order valence-corrected chi connectivity index (χ3v) is 3.60. The molecule has 0 saturated carbocycles. The summed E-state index contributed by atoms with van der Waals surface area (Å²) in [6, 6.07) is 0. The zero-order valence-electron chi connectivity index (χ0n) is 13.2. The standard InChI is InChI=1S/C12H6N6.C4H8N2.Pt/c1-3-15-11-9(13-1)8-7(5-17-11)6-18-12-10(8)14-2-4-16-12;1-2-6-4-3-5-1;/h1-6H;1-4H2;/q;-2;+2. The minimum atomic E-state index is 0. The number of nitrogens with zero attached hydrogens (tertiary/aromatic N) is 8. The van der Waals surface area contributed by atoms with Gasteiger partial charge in [0.15, 0.2) is 11.3 Å². The number of hydrogen-bond acceptors (Lipinski definition) is 6. The Morgan fingerprint density at radius 2 is 1.04 bits per heavy atom. The van der Waals surface area contributed by atoms with E-state index in [4.69, 9.17) is 0 Å². The van der Waals surface area contributed by atoms with Gasteiger partial charge >= 0.3 is 21.1 Å². The van der Waals surface area contributed by atoms with Crippen LogP contribution in [0.2, 0.25) is 0 Å². The largest absolute Gasteiger partial charge is 2.00 e. The van der Waals surface area contributed by atoms with Crippen molar-refractivity contribution in [3.05, 3.63) is 47.8 Å². The van der Waals surface area contributed by atoms with Crippen molar-refractivity contribution < 1.29 is 21.1 Å². The van der Waals surface area contributed by atoms with Crippen LogP contribution in [-0.2, 0) is 21.1 Å². The summed E-state index contributed by atoms with van der Waals surface area (Å²) < 4.78 is 0. The van der Waals surface area contributed by atoms with E-state index in [1.165, 1.54) is 0 Å². The molecule has 0 atom stereocenters. The molecule has 0 aliphatic carbocycles. The molecule has 0 N–H and O–H groups in total. The zero-order chi connectivity index (χ0) is 16.2. The molecule has 4 aromatic rings. The fourth-order valence-corrected chi connectivity index (χ4v) is 2.52. The van der Waals surface area contributed by atoms with E-state index in [9.17, 15) is 0 Å². The van der Waals surface area contributed by atoms with Crippen LogP contribution in [0.25, 0.3) is 43.7 Å². The van der Waals surface area contributed by atoms with Gasteiger partial charge in [0.25, 0.3) is 0 Å². The maximum atomic E-state index is 4.34. The van der Waals surface area contributed by atoms with Gasteiger partial charge in [0.05, 0.1) is 0 Å². The van der Waals surface area contributed by atoms with Gasteiger partial charge in [-0.05, 0) is 0 Å². The second-order valence-electron chi connectivity index (χ2n) is 5.15. The molecule has 0 amide bonds. The van der Waals surface area contributed by atoms with Crippen LogP contribution in [0, 0.1) is 0 Å². The normalized spacial score (nSPS) is 13.9. The van der Waals surface area contributed by atoms with E-state index in [0.29, 0.717) is 11.3 Å². The third kappa shape index (κ3) is 3.76. The van der Waals surface area contributed by atoms with E-state index in [1.54, 1.807) is 37.2 Å². The zero-order valence-corrected chi connectivity index (χ0v) is 15.5. The van der Waals surface area contributed by atoms with E-state index in [2.05, 4.69) is 40.5 Å². The summed E-state index contributed by atoms with van der Waals surface area (Å²) in [5.41, 5.74) is 2.65. The van der Waals surface area contributed by atoms with Crippen molar-refractivity contribution >= 4 is 33.1 Å². The van der Waals surface area contributed by atoms with Crippen LogP contribution in [0.1, 0.15) is 0 Å². The molecular weight excluding hydrogens is 499 g/mol. The molecule has 0 radical (unpaired) electrons. The molecule has 1 aliphatic heterocycles. The molecule has 25 heavy (non-hydrogen) atoms. The average Bonchev–Trinajstić information content (AvgIpc) is 2.69. The van der Waals surface area contributed by atoms with Crippen LogP contribution in [0.4, 0.5) is 0 Å². The molecule has 0 unspecified atom stereocenters. The summed E-state index contributed by atoms with van der Waals surface area (Å²) in [5.74, 6) is 0. The average molecular weight is 513 g/mol. The van der Waals surface area contributed by atoms with Crippen molar-refractivity contribution in [2.45, 2.75) is 0 Å². The molecule has 128 valence electrons. The van der Waals surface area contributed by atoms with Crippen LogP contribution in [0.15, 0.2) is 37.2 Å². The molecule has 0 aromatic carbocycles. The van der Waals surface area contributed by atoms with E-state index in [1.807, 2.05) is 0 Å². The first kappa shape index (κ1) is 17.7. The van der Waals surface area contributed by atoms with Gasteiger partial charge in [-0.1, -0.05) is 0 Å². The van der Waals surface area contributed by atoms with Crippen molar-refractivity contribution in [1.29, 1.82) is 0 Å². The summed E-state index contributed by atoms with van der Waals surface area (Å²) in [4.78, 5) is 25.6. The van der Waals surface area contributed by atoms with Crippen molar-refractivity contribution in [2.75, 3.05) is 26.2 Å². The Bertz CT molecular complexity index is 907. The minimum absolute atomic E-state index is 0. The van der Waals surface area contributed by atoms with Gasteiger partial charge in [0.1, 0.15) is 11.0 Å². The van der Waals surface area contributed by atoms with Crippen LogP contribution in [0.3, 0.4) is 0 Å². The van der Waals surface area contributed by atoms with Crippen molar-refractivity contribution in [2.24, 2.45) is 0 Å². The second kappa shape index (κ2) is 8.29. The smallest absolute Gasteiger partial charge is 0.665 e. The van der Waals surface area contributed by atoms with Gasteiger partial charge in [0, 0.05) is 48.0 Å². The Labute approximate surface area is 158 Å². The fourth-order valence-electron chi connectivity index (χ4n) is 2.52. The van der Waals surface area contributed by atoms with Gasteiger partial charge in [0.2, 0.25) is 0 Å². The summed E-state index contributed by atoms with van der Waals surface area (Å²) in [6.45, 7) is 3.83. The van der Waals surface area contributed by atoms with Gasteiger partial charge in [-0.2, -0.15) is 26.2 Å². The summed E-state index contributed by atoms with van der Waals surface area (Å²) in [7, 11) is 0. The van der Waals surface area contributed by atoms with Gasteiger partial charge in [-0.25, -0.2) is 19.9 Å². The summed E-state index contributed by atoms with van der Waals surface area (Å²) in [6.07, 6.45) is 9.99. The molecule has 8 nitrogen and oxygen atoms in total. The predicted molar refractivity (Wildman–Crippen MR) is 91.9 cm³/mol. The second-order valence-corrected chi connectivity index (χ2v) is 5.15. The molecule has 5 heterocycles. The topological polar surface area (TPSA) is 106 Å². The van der Waals surface area contributed by atoms with Crippen LogP contribution < -0.4 is 0 Å². The number of fused-ring (bicyclic) bond motifs is 5. The predicted octanol–water partition coefficient (Wildman–Crippen LogP) is 2.26. The third-order valence-electron chi connectivity index (χ3n) is 3.60. The summed E-state index contributed by atoms with van der Waals surface area (Å²) in [5, 5.41) is 9.95. The maximum absolute atomic E-state index is 4.34. The maximum Gasteiger partial charge on any atom is 2.00 e. The molecule has 1 saturated heterocycles. The van der Waals surface area contributed by atoms with Gasteiger partial charge in [-0.15, -0.1) is 0 Å².